The minimum atomic E-state index is 0.190. The summed E-state index contributed by atoms with van der Waals surface area (Å²) in [4.78, 5) is 20.7. The second kappa shape index (κ2) is 4.12. The highest BCUT2D eigenvalue weighted by Crippen LogP contribution is 2.19. The van der Waals surface area contributed by atoms with Gasteiger partial charge in [-0.05, 0) is 7.05 Å². The van der Waals surface area contributed by atoms with Gasteiger partial charge in [0.25, 0.3) is 0 Å². The van der Waals surface area contributed by atoms with E-state index >= 15 is 0 Å². The number of halogens is 1. The number of aromatic nitrogens is 2. The summed E-state index contributed by atoms with van der Waals surface area (Å²) < 4.78 is 0. The molecule has 2 rings (SSSR count). The molecule has 1 aromatic heterocycles. The summed E-state index contributed by atoms with van der Waals surface area (Å²) >= 11 is 5.77. The SMILES string of the molecule is CN1CC(Nc2ncnc(Cl)c2C=O)C1. The van der Waals surface area contributed by atoms with Crippen LogP contribution >= 0.6 is 11.6 Å². The van der Waals surface area contributed by atoms with Gasteiger partial charge in [0.15, 0.2) is 6.29 Å². The highest BCUT2D eigenvalue weighted by molar-refractivity contribution is 6.32. The van der Waals surface area contributed by atoms with Crippen molar-refractivity contribution in [2.75, 3.05) is 25.5 Å². The molecule has 0 bridgehead atoms. The van der Waals surface area contributed by atoms with Gasteiger partial charge in [0.2, 0.25) is 0 Å². The molecule has 1 aromatic rings. The predicted molar refractivity (Wildman–Crippen MR) is 57.3 cm³/mol. The number of aldehydes is 1. The molecule has 0 radical (unpaired) electrons. The van der Waals surface area contributed by atoms with Crippen molar-refractivity contribution in [3.8, 4) is 0 Å². The topological polar surface area (TPSA) is 58.1 Å². The lowest BCUT2D eigenvalue weighted by Gasteiger charge is -2.37. The van der Waals surface area contributed by atoms with E-state index in [1.807, 2.05) is 7.05 Å². The number of hydrogen-bond donors (Lipinski definition) is 1. The number of likely N-dealkylation sites (N-methyl/N-ethyl adjacent to an activating group) is 1. The van der Waals surface area contributed by atoms with Crippen LogP contribution in [-0.4, -0.2) is 47.3 Å². The summed E-state index contributed by atoms with van der Waals surface area (Å²) in [5.74, 6) is 0.517. The van der Waals surface area contributed by atoms with Gasteiger partial charge in [0.05, 0.1) is 11.6 Å². The monoisotopic (exact) mass is 226 g/mol. The van der Waals surface area contributed by atoms with Crippen LogP contribution in [0.25, 0.3) is 0 Å². The van der Waals surface area contributed by atoms with Crippen molar-refractivity contribution in [1.29, 1.82) is 0 Å². The van der Waals surface area contributed by atoms with Gasteiger partial charge in [0.1, 0.15) is 17.3 Å². The highest BCUT2D eigenvalue weighted by atomic mass is 35.5. The summed E-state index contributed by atoms with van der Waals surface area (Å²) in [6, 6.07) is 0.333. The maximum absolute atomic E-state index is 10.8. The first kappa shape index (κ1) is 10.3. The molecule has 0 aromatic carbocycles. The van der Waals surface area contributed by atoms with Crippen molar-refractivity contribution in [3.63, 3.8) is 0 Å². The Morgan fingerprint density at radius 2 is 2.33 bits per heavy atom. The average Bonchev–Trinajstić information content (AvgIpc) is 2.16. The summed E-state index contributed by atoms with van der Waals surface area (Å²) in [6.45, 7) is 1.89. The molecule has 0 unspecified atom stereocenters. The zero-order valence-corrected chi connectivity index (χ0v) is 9.03. The van der Waals surface area contributed by atoms with Crippen LogP contribution in [0.4, 0.5) is 5.82 Å². The molecular weight excluding hydrogens is 216 g/mol. The summed E-state index contributed by atoms with van der Waals surface area (Å²) in [7, 11) is 2.03. The number of nitrogens with zero attached hydrogens (tertiary/aromatic N) is 3. The van der Waals surface area contributed by atoms with Crippen LogP contribution in [0.1, 0.15) is 10.4 Å². The smallest absolute Gasteiger partial charge is 0.156 e. The Hall–Kier alpha value is -1.20. The van der Waals surface area contributed by atoms with Gasteiger partial charge in [-0.2, -0.15) is 0 Å². The molecule has 15 heavy (non-hydrogen) atoms. The van der Waals surface area contributed by atoms with Crippen LogP contribution in [0.15, 0.2) is 6.33 Å². The number of carbonyl (C=O) groups is 1. The van der Waals surface area contributed by atoms with E-state index in [1.165, 1.54) is 6.33 Å². The second-order valence-electron chi connectivity index (χ2n) is 3.61. The van der Waals surface area contributed by atoms with Crippen LogP contribution in [-0.2, 0) is 0 Å². The minimum absolute atomic E-state index is 0.190. The molecule has 0 amide bonds. The maximum atomic E-state index is 10.8. The Bertz CT molecular complexity index is 378. The standard InChI is InChI=1S/C9H11ClN4O/c1-14-2-6(3-14)13-9-7(4-15)8(10)11-5-12-9/h4-6H,2-3H2,1H3,(H,11,12,13). The third kappa shape index (κ3) is 2.08. The van der Waals surface area contributed by atoms with E-state index in [-0.39, 0.29) is 5.15 Å². The summed E-state index contributed by atoms with van der Waals surface area (Å²) in [6.07, 6.45) is 2.02. The lowest BCUT2D eigenvalue weighted by atomic mass is 10.1. The fourth-order valence-corrected chi connectivity index (χ4v) is 1.75. The normalized spacial score (nSPS) is 17.2. The van der Waals surface area contributed by atoms with E-state index in [2.05, 4.69) is 20.2 Å². The number of likely N-dealkylation sites (tertiary alicyclic amines) is 1. The molecule has 5 nitrogen and oxygen atoms in total. The van der Waals surface area contributed by atoms with Crippen LogP contribution < -0.4 is 5.32 Å². The zero-order valence-electron chi connectivity index (χ0n) is 8.27. The third-order valence-electron chi connectivity index (χ3n) is 2.36. The molecule has 1 saturated heterocycles. The summed E-state index contributed by atoms with van der Waals surface area (Å²) in [5, 5.41) is 3.35. The largest absolute Gasteiger partial charge is 0.364 e. The Kier molecular flexibility index (Phi) is 2.83. The van der Waals surface area contributed by atoms with Crippen LogP contribution in [0.3, 0.4) is 0 Å². The van der Waals surface area contributed by atoms with E-state index in [0.717, 1.165) is 13.1 Å². The Morgan fingerprint density at radius 1 is 1.60 bits per heavy atom. The number of carbonyl (C=O) groups excluding carboxylic acids is 1. The second-order valence-corrected chi connectivity index (χ2v) is 3.97. The van der Waals surface area contributed by atoms with E-state index in [4.69, 9.17) is 11.6 Å². The summed E-state index contributed by atoms with van der Waals surface area (Å²) in [5.41, 5.74) is 0.328. The van der Waals surface area contributed by atoms with E-state index < -0.39 is 0 Å². The lowest BCUT2D eigenvalue weighted by Crippen LogP contribution is -2.52. The number of nitrogens with one attached hydrogen (secondary N) is 1. The minimum Gasteiger partial charge on any atom is -0.364 e. The van der Waals surface area contributed by atoms with Gasteiger partial charge in [-0.3, -0.25) is 4.79 Å². The van der Waals surface area contributed by atoms with Crippen molar-refractivity contribution >= 4 is 23.7 Å². The molecule has 0 aliphatic carbocycles. The molecule has 80 valence electrons. The number of anilines is 1. The molecule has 6 heteroatoms. The molecule has 0 atom stereocenters. The zero-order chi connectivity index (χ0) is 10.8. The molecule has 1 aliphatic heterocycles. The van der Waals surface area contributed by atoms with Gasteiger partial charge >= 0.3 is 0 Å². The molecule has 0 saturated carbocycles. The predicted octanol–water partition coefficient (Wildman–Crippen LogP) is 0.668. The lowest BCUT2D eigenvalue weighted by molar-refractivity contribution is 0.112. The van der Waals surface area contributed by atoms with E-state index in [1.54, 1.807) is 0 Å². The first-order valence-corrected chi connectivity index (χ1v) is 4.99. The molecular formula is C9H11ClN4O. The van der Waals surface area contributed by atoms with Crippen molar-refractivity contribution in [2.45, 2.75) is 6.04 Å². The Morgan fingerprint density at radius 3 is 2.93 bits per heavy atom. The van der Waals surface area contributed by atoms with Crippen molar-refractivity contribution in [1.82, 2.24) is 14.9 Å². The van der Waals surface area contributed by atoms with Crippen molar-refractivity contribution in [2.24, 2.45) is 0 Å². The van der Waals surface area contributed by atoms with Crippen LogP contribution in [0.2, 0.25) is 5.15 Å². The molecule has 1 N–H and O–H groups in total. The Balaban J connectivity index is 2.13. The van der Waals surface area contributed by atoms with Crippen LogP contribution in [0, 0.1) is 0 Å². The number of hydrogen-bond acceptors (Lipinski definition) is 5. The average molecular weight is 227 g/mol. The maximum Gasteiger partial charge on any atom is 0.156 e. The molecule has 1 aliphatic rings. The van der Waals surface area contributed by atoms with E-state index in [0.29, 0.717) is 23.7 Å². The Labute approximate surface area is 92.5 Å². The first-order chi connectivity index (χ1) is 7.20. The van der Waals surface area contributed by atoms with Gasteiger partial charge in [-0.1, -0.05) is 11.6 Å². The fraction of sp³-hybridized carbons (Fsp3) is 0.444. The molecule has 1 fully saturated rings. The highest BCUT2D eigenvalue weighted by Gasteiger charge is 2.24. The first-order valence-electron chi connectivity index (χ1n) is 4.61. The van der Waals surface area contributed by atoms with Crippen molar-refractivity contribution in [3.05, 3.63) is 17.0 Å². The molecule has 0 spiro atoms. The van der Waals surface area contributed by atoms with E-state index in [9.17, 15) is 4.79 Å². The third-order valence-corrected chi connectivity index (χ3v) is 2.66. The fourth-order valence-electron chi connectivity index (χ4n) is 1.58. The van der Waals surface area contributed by atoms with Gasteiger partial charge in [0, 0.05) is 13.1 Å². The van der Waals surface area contributed by atoms with Gasteiger partial charge in [-0.15, -0.1) is 0 Å². The quantitative estimate of drug-likeness (QED) is 0.607. The van der Waals surface area contributed by atoms with Crippen molar-refractivity contribution < 1.29 is 4.79 Å². The molecule has 2 heterocycles. The number of rotatable bonds is 3. The van der Waals surface area contributed by atoms with Gasteiger partial charge in [-0.25, -0.2) is 9.97 Å². The van der Waals surface area contributed by atoms with Crippen LogP contribution in [0.5, 0.6) is 0 Å². The van der Waals surface area contributed by atoms with Gasteiger partial charge < -0.3 is 10.2 Å².